The largest absolute Gasteiger partial charge is 0.303 e. The van der Waals surface area contributed by atoms with Crippen molar-refractivity contribution in [1.29, 1.82) is 0 Å². The molecule has 0 saturated carbocycles. The molecule has 0 aliphatic carbocycles. The van der Waals surface area contributed by atoms with Crippen molar-refractivity contribution in [2.45, 2.75) is 13.0 Å². The van der Waals surface area contributed by atoms with E-state index in [0.29, 0.717) is 11.8 Å². The molecule has 0 radical (unpaired) electrons. The van der Waals surface area contributed by atoms with Crippen LogP contribution in [0.5, 0.6) is 0 Å². The molecule has 0 saturated heterocycles. The lowest BCUT2D eigenvalue weighted by atomic mass is 10.1. The first kappa shape index (κ1) is 19.1. The summed E-state index contributed by atoms with van der Waals surface area (Å²) >= 11 is 0. The Kier molecular flexibility index (Phi) is 5.69. The highest BCUT2D eigenvalue weighted by molar-refractivity contribution is 5.95. The van der Waals surface area contributed by atoms with Crippen LogP contribution in [-0.4, -0.2) is 15.8 Å². The molecule has 0 bridgehead atoms. The second kappa shape index (κ2) is 8.34. The van der Waals surface area contributed by atoms with Crippen LogP contribution in [-0.2, 0) is 17.8 Å². The molecule has 2 aromatic carbocycles. The first-order chi connectivity index (χ1) is 13.5. The van der Waals surface area contributed by atoms with Crippen LogP contribution in [0.15, 0.2) is 66.9 Å². The first-order valence-electron chi connectivity index (χ1n) is 8.33. The molecule has 142 valence electrons. The van der Waals surface area contributed by atoms with Gasteiger partial charge in [0, 0.05) is 23.9 Å². The van der Waals surface area contributed by atoms with Crippen LogP contribution in [0.1, 0.15) is 11.3 Å². The summed E-state index contributed by atoms with van der Waals surface area (Å²) in [5.74, 6) is -2.26. The highest BCUT2D eigenvalue weighted by atomic mass is 19.1. The van der Waals surface area contributed by atoms with E-state index in [2.05, 4.69) is 4.98 Å². The molecule has 0 atom stereocenters. The smallest absolute Gasteiger partial charge is 0.273 e. The van der Waals surface area contributed by atoms with Crippen molar-refractivity contribution >= 4 is 17.3 Å². The Bertz CT molecular complexity index is 1010. The number of hydrogen-bond donors (Lipinski definition) is 0. The van der Waals surface area contributed by atoms with Gasteiger partial charge in [-0.15, -0.1) is 0 Å². The summed E-state index contributed by atoms with van der Waals surface area (Å²) in [6, 6.07) is 13.8. The summed E-state index contributed by atoms with van der Waals surface area (Å²) in [6.45, 7) is -0.0666. The van der Waals surface area contributed by atoms with Gasteiger partial charge in [-0.25, -0.2) is 8.78 Å². The number of nitrogens with zero attached hydrogens (tertiary/aromatic N) is 3. The number of para-hydroxylation sites is 1. The number of benzene rings is 2. The maximum Gasteiger partial charge on any atom is 0.273 e. The lowest BCUT2D eigenvalue weighted by molar-refractivity contribution is -0.385. The number of rotatable bonds is 6. The van der Waals surface area contributed by atoms with Crippen molar-refractivity contribution in [1.82, 2.24) is 4.98 Å². The third-order valence-corrected chi connectivity index (χ3v) is 4.08. The topological polar surface area (TPSA) is 76.3 Å². The van der Waals surface area contributed by atoms with E-state index in [1.54, 1.807) is 24.3 Å². The molecular weight excluding hydrogens is 368 g/mol. The monoisotopic (exact) mass is 383 g/mol. The number of amides is 1. The molecule has 1 amide bonds. The summed E-state index contributed by atoms with van der Waals surface area (Å²) in [7, 11) is 0. The minimum atomic E-state index is -0.910. The number of carbonyl (C=O) groups is 1. The van der Waals surface area contributed by atoms with Crippen molar-refractivity contribution in [3.63, 3.8) is 0 Å². The fourth-order valence-electron chi connectivity index (χ4n) is 2.76. The van der Waals surface area contributed by atoms with E-state index >= 15 is 0 Å². The van der Waals surface area contributed by atoms with E-state index in [1.165, 1.54) is 24.4 Å². The van der Waals surface area contributed by atoms with Gasteiger partial charge in [0.25, 0.3) is 5.69 Å². The Morgan fingerprint density at radius 2 is 1.82 bits per heavy atom. The van der Waals surface area contributed by atoms with Gasteiger partial charge in [-0.2, -0.15) is 0 Å². The average molecular weight is 383 g/mol. The summed E-state index contributed by atoms with van der Waals surface area (Å²) in [6.07, 6.45) is 1.21. The molecule has 1 heterocycles. The molecule has 3 aromatic rings. The lowest BCUT2D eigenvalue weighted by Gasteiger charge is -2.23. The number of carbonyl (C=O) groups excluding carboxylic acids is 1. The number of halogens is 2. The lowest BCUT2D eigenvalue weighted by Crippen LogP contribution is -2.33. The van der Waals surface area contributed by atoms with E-state index in [9.17, 15) is 23.7 Å². The van der Waals surface area contributed by atoms with E-state index in [0.717, 1.165) is 17.0 Å². The summed E-state index contributed by atoms with van der Waals surface area (Å²) in [5, 5.41) is 11.2. The second-order valence-corrected chi connectivity index (χ2v) is 5.96. The number of pyridine rings is 1. The minimum absolute atomic E-state index is 0.0666. The third kappa shape index (κ3) is 4.35. The normalized spacial score (nSPS) is 10.5. The average Bonchev–Trinajstić information content (AvgIpc) is 2.67. The number of nitro benzene ring substituents is 1. The van der Waals surface area contributed by atoms with Crippen LogP contribution in [0.2, 0.25) is 0 Å². The molecule has 28 heavy (non-hydrogen) atoms. The molecular formula is C20H15F2N3O3. The van der Waals surface area contributed by atoms with E-state index in [-0.39, 0.29) is 29.9 Å². The quantitative estimate of drug-likeness (QED) is 0.475. The highest BCUT2D eigenvalue weighted by Gasteiger charge is 2.23. The first-order valence-corrected chi connectivity index (χ1v) is 8.33. The summed E-state index contributed by atoms with van der Waals surface area (Å²) < 4.78 is 27.6. The maximum absolute atomic E-state index is 14.3. The second-order valence-electron chi connectivity index (χ2n) is 5.96. The van der Waals surface area contributed by atoms with Gasteiger partial charge in [0.1, 0.15) is 11.6 Å². The number of hydrogen-bond acceptors (Lipinski definition) is 4. The molecule has 0 N–H and O–H groups in total. The van der Waals surface area contributed by atoms with Crippen LogP contribution in [0.4, 0.5) is 20.2 Å². The van der Waals surface area contributed by atoms with Crippen LogP contribution in [0.25, 0.3) is 0 Å². The Hall–Kier alpha value is -3.68. The zero-order valence-corrected chi connectivity index (χ0v) is 14.6. The van der Waals surface area contributed by atoms with Crippen LogP contribution >= 0.6 is 0 Å². The van der Waals surface area contributed by atoms with Crippen LogP contribution in [0.3, 0.4) is 0 Å². The van der Waals surface area contributed by atoms with Crippen molar-refractivity contribution in [3.8, 4) is 0 Å². The maximum atomic E-state index is 14.3. The molecule has 0 spiro atoms. The predicted molar refractivity (Wildman–Crippen MR) is 98.6 cm³/mol. The molecule has 0 fully saturated rings. The molecule has 1 aromatic heterocycles. The molecule has 0 aliphatic rings. The van der Waals surface area contributed by atoms with Gasteiger partial charge in [-0.05, 0) is 24.3 Å². The molecule has 3 rings (SSSR count). The van der Waals surface area contributed by atoms with Gasteiger partial charge >= 0.3 is 0 Å². The van der Waals surface area contributed by atoms with Gasteiger partial charge in [0.15, 0.2) is 0 Å². The van der Waals surface area contributed by atoms with Crippen molar-refractivity contribution in [3.05, 3.63) is 99.9 Å². The Balaban J connectivity index is 1.96. The van der Waals surface area contributed by atoms with Gasteiger partial charge in [-0.1, -0.05) is 24.3 Å². The standard InChI is InChI=1S/C20H15F2N3O3/c21-15-8-9-19(17(22)12-15)24(13-16-6-3-4-10-23-16)20(26)11-14-5-1-2-7-18(14)25(27)28/h1-10,12H,11,13H2. The Morgan fingerprint density at radius 1 is 1.07 bits per heavy atom. The van der Waals surface area contributed by atoms with E-state index < -0.39 is 22.5 Å². The van der Waals surface area contributed by atoms with Crippen molar-refractivity contribution in [2.75, 3.05) is 4.90 Å². The van der Waals surface area contributed by atoms with Crippen molar-refractivity contribution < 1.29 is 18.5 Å². The third-order valence-electron chi connectivity index (χ3n) is 4.08. The molecule has 0 unspecified atom stereocenters. The summed E-state index contributed by atoms with van der Waals surface area (Å²) in [4.78, 5) is 28.8. The van der Waals surface area contributed by atoms with Crippen molar-refractivity contribution in [2.24, 2.45) is 0 Å². The van der Waals surface area contributed by atoms with E-state index in [4.69, 9.17) is 0 Å². The predicted octanol–water partition coefficient (Wildman–Crippen LogP) is 4.04. The molecule has 8 heteroatoms. The van der Waals surface area contributed by atoms with Gasteiger partial charge < -0.3 is 4.90 Å². The number of aromatic nitrogens is 1. The SMILES string of the molecule is O=C(Cc1ccccc1[N+](=O)[O-])N(Cc1ccccn1)c1ccc(F)cc1F. The molecule has 0 aliphatic heterocycles. The Labute approximate surface area is 159 Å². The molecule has 6 nitrogen and oxygen atoms in total. The van der Waals surface area contributed by atoms with Crippen LogP contribution < -0.4 is 4.90 Å². The fraction of sp³-hybridized carbons (Fsp3) is 0.100. The Morgan fingerprint density at radius 3 is 2.50 bits per heavy atom. The van der Waals surface area contributed by atoms with Gasteiger partial charge in [0.05, 0.1) is 29.3 Å². The highest BCUT2D eigenvalue weighted by Crippen LogP contribution is 2.25. The number of anilines is 1. The number of nitro groups is 1. The van der Waals surface area contributed by atoms with Gasteiger partial charge in [0.2, 0.25) is 5.91 Å². The zero-order chi connectivity index (χ0) is 20.1. The zero-order valence-electron chi connectivity index (χ0n) is 14.6. The minimum Gasteiger partial charge on any atom is -0.303 e. The van der Waals surface area contributed by atoms with Gasteiger partial charge in [-0.3, -0.25) is 19.9 Å². The fourth-order valence-corrected chi connectivity index (χ4v) is 2.76. The summed E-state index contributed by atoms with van der Waals surface area (Å²) in [5.41, 5.74) is 0.358. The van der Waals surface area contributed by atoms with Crippen LogP contribution in [0, 0.1) is 21.7 Å². The van der Waals surface area contributed by atoms with E-state index in [1.807, 2.05) is 0 Å².